The SMILES string of the molecule is CCCCOc1c2n(cc(C(=O)NCc3c(F)cc(F)cc3F)c1=O)C[C@@]13CCC[C@@H](CN1C2=O)C3.CCCCOc1c2n(cc(C(=O)OCC)c1=O)C[C@@]13CCC[C@@H](CN1C2=O)C3.O=C(NCc1c(F)cc(F)cc1F)c1cn2c(c(O)c1=O)C(=O)N1C[C@@H]3CCC[C@]1(C3)C2.O=C(NCc1c(F)cc(F)cc1F)c1cn2c(c(O)c1=O)C(=O)N1C[C@@H]3CCC[C@]1(C3)C2. The number of carbonyl (C=O) groups excluding carboxylic acids is 8. The van der Waals surface area contributed by atoms with Crippen molar-refractivity contribution in [1.29, 1.82) is 0 Å². The first-order valence-corrected chi connectivity index (χ1v) is 43.6. The molecule has 0 unspecified atom stereocenters. The highest BCUT2D eigenvalue weighted by Crippen LogP contribution is 2.53. The van der Waals surface area contributed by atoms with Crippen LogP contribution in [0.15, 0.2) is 80.4 Å². The molecule has 28 nitrogen and oxygen atoms in total. The molecule has 4 aliphatic carbocycles. The van der Waals surface area contributed by atoms with Gasteiger partial charge in [0.2, 0.25) is 21.7 Å². The molecule has 37 heteroatoms. The molecule has 7 aromatic rings. The average molecular weight is 1790 g/mol. The van der Waals surface area contributed by atoms with Crippen LogP contribution in [0.4, 0.5) is 39.5 Å². The predicted molar refractivity (Wildman–Crippen MR) is 438 cm³/mol. The number of fused-ring (bicyclic) bond motifs is 8. The first-order chi connectivity index (χ1) is 61.1. The van der Waals surface area contributed by atoms with Gasteiger partial charge in [0, 0.05) is 150 Å². The summed E-state index contributed by atoms with van der Waals surface area (Å²) in [7, 11) is 0. The minimum atomic E-state index is -1.18. The van der Waals surface area contributed by atoms with Gasteiger partial charge in [-0.25, -0.2) is 44.3 Å². The lowest BCUT2D eigenvalue weighted by molar-refractivity contribution is 0.0405. The van der Waals surface area contributed by atoms with Crippen molar-refractivity contribution < 1.29 is 102 Å². The number of ether oxygens (including phenoxy) is 3. The molecule has 128 heavy (non-hydrogen) atoms. The number of nitrogens with zero attached hydrogens (tertiary/aromatic N) is 8. The summed E-state index contributed by atoms with van der Waals surface area (Å²) in [5, 5.41) is 27.8. The third kappa shape index (κ3) is 16.1. The van der Waals surface area contributed by atoms with Crippen LogP contribution in [-0.4, -0.2) is 164 Å². The van der Waals surface area contributed by atoms with Crippen LogP contribution in [0.3, 0.4) is 0 Å². The maximum absolute atomic E-state index is 14.0. The lowest BCUT2D eigenvalue weighted by Gasteiger charge is -2.44. The second-order valence-electron chi connectivity index (χ2n) is 35.9. The fraction of sp³-hybridized carbons (Fsp3) is 0.495. The van der Waals surface area contributed by atoms with E-state index in [9.17, 15) is 107 Å². The highest BCUT2D eigenvalue weighted by atomic mass is 19.2. The zero-order valence-electron chi connectivity index (χ0n) is 70.6. The molecule has 8 fully saturated rings. The summed E-state index contributed by atoms with van der Waals surface area (Å²) in [5.41, 5.74) is -7.49. The predicted octanol–water partition coefficient (Wildman–Crippen LogP) is 11.0. The number of nitrogens with one attached hydrogen (secondary N) is 3. The van der Waals surface area contributed by atoms with Gasteiger partial charge in [0.15, 0.2) is 45.8 Å². The normalized spacial score (nSPS) is 23.6. The van der Waals surface area contributed by atoms with E-state index in [1.54, 1.807) is 25.9 Å². The van der Waals surface area contributed by atoms with E-state index in [1.165, 1.54) is 33.9 Å². The van der Waals surface area contributed by atoms with Crippen LogP contribution in [0.25, 0.3) is 0 Å². The highest BCUT2D eigenvalue weighted by molar-refractivity contribution is 6.03. The summed E-state index contributed by atoms with van der Waals surface area (Å²) in [6.07, 6.45) is 23.7. The molecule has 0 radical (unpaired) electrons. The third-order valence-corrected chi connectivity index (χ3v) is 27.7. The van der Waals surface area contributed by atoms with E-state index < -0.39 is 180 Å². The van der Waals surface area contributed by atoms with Crippen molar-refractivity contribution in [1.82, 2.24) is 53.8 Å². The largest absolute Gasteiger partial charge is 0.503 e. The fourth-order valence-corrected chi connectivity index (χ4v) is 21.9. The molecule has 12 aliphatic rings. The summed E-state index contributed by atoms with van der Waals surface area (Å²) in [5.74, 6) is -15.1. The van der Waals surface area contributed by atoms with Gasteiger partial charge in [0.1, 0.15) is 74.6 Å². The summed E-state index contributed by atoms with van der Waals surface area (Å²) < 4.78 is 146. The molecular formula is C91H96F9N11O17. The summed E-state index contributed by atoms with van der Waals surface area (Å²) in [6.45, 7) is 8.89. The zero-order chi connectivity index (χ0) is 91.1. The number of benzene rings is 3. The lowest BCUT2D eigenvalue weighted by atomic mass is 9.79. The van der Waals surface area contributed by atoms with Gasteiger partial charge in [-0.2, -0.15) is 0 Å². The smallest absolute Gasteiger partial charge is 0.343 e. The number of unbranched alkanes of at least 4 members (excludes halogenated alkanes) is 2. The van der Waals surface area contributed by atoms with Crippen molar-refractivity contribution in [3.8, 4) is 23.0 Å². The molecule has 7 amide bonds. The van der Waals surface area contributed by atoms with Gasteiger partial charge < -0.3 is 78.2 Å². The number of carbonyl (C=O) groups is 8. The number of hydrogen-bond acceptors (Lipinski definition) is 17. The molecule has 8 aliphatic heterocycles. The molecule has 680 valence electrons. The number of rotatable bonds is 19. The molecule has 8 atom stereocenters. The number of esters is 1. The van der Waals surface area contributed by atoms with Gasteiger partial charge in [0.05, 0.1) is 42.0 Å². The van der Waals surface area contributed by atoms with E-state index in [4.69, 9.17) is 14.2 Å². The number of aromatic hydroxyl groups is 2. The number of amides is 7. The zero-order valence-corrected chi connectivity index (χ0v) is 70.6. The Morgan fingerprint density at radius 2 is 0.656 bits per heavy atom. The van der Waals surface area contributed by atoms with Gasteiger partial charge >= 0.3 is 5.97 Å². The Hall–Kier alpha value is -12.2. The van der Waals surface area contributed by atoms with E-state index in [1.807, 2.05) is 23.6 Å². The first kappa shape index (κ1) is 89.2. The number of pyridine rings is 4. The molecule has 4 spiro atoms. The first-order valence-electron chi connectivity index (χ1n) is 43.6. The number of hydrogen-bond donors (Lipinski definition) is 5. The number of halogens is 9. The van der Waals surface area contributed by atoms with Crippen molar-refractivity contribution in [2.24, 2.45) is 23.7 Å². The van der Waals surface area contributed by atoms with Crippen LogP contribution >= 0.6 is 0 Å². The quantitative estimate of drug-likeness (QED) is 0.0285. The van der Waals surface area contributed by atoms with Crippen molar-refractivity contribution in [3.05, 3.63) is 216 Å². The van der Waals surface area contributed by atoms with E-state index in [0.717, 1.165) is 129 Å². The second kappa shape index (κ2) is 35.1. The van der Waals surface area contributed by atoms with Crippen LogP contribution < -0.4 is 47.1 Å². The standard InChI is InChI=1S/C26H28F3N3O4.2C22H20F3N3O4.C21H28N2O5/c1-2-3-7-36-23-21-25(35)32-12-15-5-4-6-26(32,10-15)14-31(21)13-18(22(23)33)24(34)30-11-17-19(28)8-16(27)9-20(17)29;2*23-12-4-15(24)13(16(25)5-12)7-26-20(31)14-9-27-10-22-3-1-2-11(6-22)8-28(22)21(32)17(27)19(30)18(14)29;1-3-5-9-28-18-16-19(25)23-11-14-7-6-8-21(23,10-14)13-22(16)12-15(17(18)24)20(26)27-4-2/h8-9,13,15H,2-7,10-12,14H2,1H3,(H,30,34);2*4-5,9,11,30H,1-3,6-8,10H2,(H,26,31);12,14H,3-11,13H2,1-2H3/t15-,26+;2*11-,22+;14-,21+/m1111/s1. The minimum absolute atomic E-state index is 0.000278. The second-order valence-corrected chi connectivity index (χ2v) is 35.9. The Balaban J connectivity index is 0.000000126. The summed E-state index contributed by atoms with van der Waals surface area (Å²) in [6, 6.07) is 2.99. The van der Waals surface area contributed by atoms with Crippen molar-refractivity contribution in [3.63, 3.8) is 0 Å². The van der Waals surface area contributed by atoms with E-state index >= 15 is 0 Å². The lowest BCUT2D eigenvalue weighted by Crippen LogP contribution is -2.55. The fourth-order valence-electron chi connectivity index (χ4n) is 21.9. The summed E-state index contributed by atoms with van der Waals surface area (Å²) >= 11 is 0. The van der Waals surface area contributed by atoms with Gasteiger partial charge in [-0.1, -0.05) is 52.4 Å². The van der Waals surface area contributed by atoms with Gasteiger partial charge in [0.25, 0.3) is 41.4 Å². The van der Waals surface area contributed by atoms with Gasteiger partial charge in [-0.05, 0) is 120 Å². The van der Waals surface area contributed by atoms with Crippen LogP contribution in [-0.2, 0) is 50.6 Å². The van der Waals surface area contributed by atoms with Crippen LogP contribution in [0.1, 0.15) is 249 Å². The van der Waals surface area contributed by atoms with Gasteiger partial charge in [-0.15, -0.1) is 0 Å². The van der Waals surface area contributed by atoms with Gasteiger partial charge in [-0.3, -0.25) is 52.7 Å². The third-order valence-electron chi connectivity index (χ3n) is 27.7. The average Bonchev–Trinajstić information content (AvgIpc) is 1.38. The monoisotopic (exact) mass is 1790 g/mol. The molecular weight excluding hydrogens is 1690 g/mol. The molecule has 19 rings (SSSR count). The Bertz CT molecular complexity index is 5780. The van der Waals surface area contributed by atoms with E-state index in [-0.39, 0.29) is 81.5 Å². The minimum Gasteiger partial charge on any atom is -0.503 e. The van der Waals surface area contributed by atoms with Crippen molar-refractivity contribution in [2.75, 3.05) is 46.0 Å². The number of aromatic nitrogens is 4. The molecule has 12 heterocycles. The van der Waals surface area contributed by atoms with Crippen LogP contribution in [0.5, 0.6) is 23.0 Å². The highest BCUT2D eigenvalue weighted by Gasteiger charge is 2.59. The molecule has 8 bridgehead atoms. The molecule has 3 aromatic carbocycles. The topological polar surface area (TPSA) is 342 Å². The van der Waals surface area contributed by atoms with Crippen molar-refractivity contribution in [2.45, 2.75) is 217 Å². The van der Waals surface area contributed by atoms with E-state index in [2.05, 4.69) is 16.0 Å². The van der Waals surface area contributed by atoms with E-state index in [0.29, 0.717) is 119 Å². The Labute approximate surface area is 726 Å². The molecule has 5 N–H and O–H groups in total. The molecule has 4 saturated heterocycles. The molecule has 4 aromatic heterocycles. The van der Waals surface area contributed by atoms with Crippen LogP contribution in [0, 0.1) is 76.0 Å². The Morgan fingerprint density at radius 1 is 0.391 bits per heavy atom. The maximum atomic E-state index is 14.0. The molecule has 4 saturated carbocycles. The van der Waals surface area contributed by atoms with Crippen LogP contribution in [0.2, 0.25) is 0 Å². The Morgan fingerprint density at radius 3 is 0.945 bits per heavy atom. The Kier molecular flexibility index (Phi) is 24.5. The van der Waals surface area contributed by atoms with Crippen molar-refractivity contribution >= 4 is 47.3 Å². The maximum Gasteiger partial charge on any atom is 0.343 e. The summed E-state index contributed by atoms with van der Waals surface area (Å²) in [4.78, 5) is 163.